The lowest BCUT2D eigenvalue weighted by Gasteiger charge is -2.10. The SMILES string of the molecule is NC(=O)CNC(=O)c1ccc(C2CCCC2)cc1. The molecule has 2 rings (SSSR count). The molecular weight excluding hydrogens is 228 g/mol. The lowest BCUT2D eigenvalue weighted by atomic mass is 9.96. The van der Waals surface area contributed by atoms with Crippen LogP contribution in [0.4, 0.5) is 0 Å². The Kier molecular flexibility index (Phi) is 3.97. The summed E-state index contributed by atoms with van der Waals surface area (Å²) in [6, 6.07) is 7.64. The van der Waals surface area contributed by atoms with Crippen molar-refractivity contribution in [1.29, 1.82) is 0 Å². The normalized spacial score (nSPS) is 15.6. The highest BCUT2D eigenvalue weighted by atomic mass is 16.2. The van der Waals surface area contributed by atoms with Gasteiger partial charge in [-0.3, -0.25) is 9.59 Å². The van der Waals surface area contributed by atoms with E-state index in [4.69, 9.17) is 5.73 Å². The van der Waals surface area contributed by atoms with E-state index in [0.29, 0.717) is 11.5 Å². The second kappa shape index (κ2) is 5.67. The molecule has 4 nitrogen and oxygen atoms in total. The van der Waals surface area contributed by atoms with Crippen molar-refractivity contribution in [3.8, 4) is 0 Å². The van der Waals surface area contributed by atoms with E-state index in [9.17, 15) is 9.59 Å². The van der Waals surface area contributed by atoms with Crippen molar-refractivity contribution in [2.45, 2.75) is 31.6 Å². The van der Waals surface area contributed by atoms with E-state index in [0.717, 1.165) is 0 Å². The van der Waals surface area contributed by atoms with Gasteiger partial charge in [-0.05, 0) is 36.5 Å². The molecular formula is C14H18N2O2. The van der Waals surface area contributed by atoms with Gasteiger partial charge in [0.05, 0.1) is 6.54 Å². The Hall–Kier alpha value is -1.84. The zero-order chi connectivity index (χ0) is 13.0. The third kappa shape index (κ3) is 3.09. The first-order chi connectivity index (χ1) is 8.66. The monoisotopic (exact) mass is 246 g/mol. The van der Waals surface area contributed by atoms with Gasteiger partial charge in [-0.2, -0.15) is 0 Å². The van der Waals surface area contributed by atoms with Crippen LogP contribution < -0.4 is 11.1 Å². The Morgan fingerprint density at radius 2 is 1.78 bits per heavy atom. The molecule has 0 bridgehead atoms. The largest absolute Gasteiger partial charge is 0.368 e. The highest BCUT2D eigenvalue weighted by molar-refractivity contribution is 5.96. The molecule has 96 valence electrons. The molecule has 1 aliphatic carbocycles. The molecule has 1 aromatic rings. The van der Waals surface area contributed by atoms with E-state index in [1.165, 1.54) is 31.2 Å². The predicted molar refractivity (Wildman–Crippen MR) is 69.2 cm³/mol. The molecule has 3 N–H and O–H groups in total. The quantitative estimate of drug-likeness (QED) is 0.846. The van der Waals surface area contributed by atoms with Crippen LogP contribution in [0.2, 0.25) is 0 Å². The molecule has 0 aliphatic heterocycles. The highest BCUT2D eigenvalue weighted by Gasteiger charge is 2.17. The summed E-state index contributed by atoms with van der Waals surface area (Å²) < 4.78 is 0. The van der Waals surface area contributed by atoms with Crippen molar-refractivity contribution in [1.82, 2.24) is 5.32 Å². The summed E-state index contributed by atoms with van der Waals surface area (Å²) in [5.74, 6) is -0.148. The number of rotatable bonds is 4. The maximum atomic E-state index is 11.7. The second-order valence-electron chi connectivity index (χ2n) is 4.75. The fourth-order valence-corrected chi connectivity index (χ4v) is 2.44. The van der Waals surface area contributed by atoms with Crippen LogP contribution in [0.25, 0.3) is 0 Å². The average Bonchev–Trinajstić information content (AvgIpc) is 2.90. The number of benzene rings is 1. The zero-order valence-corrected chi connectivity index (χ0v) is 10.3. The zero-order valence-electron chi connectivity index (χ0n) is 10.3. The number of hydrogen-bond donors (Lipinski definition) is 2. The first-order valence-electron chi connectivity index (χ1n) is 6.33. The minimum atomic E-state index is -0.536. The third-order valence-corrected chi connectivity index (χ3v) is 3.42. The topological polar surface area (TPSA) is 72.2 Å². The maximum absolute atomic E-state index is 11.7. The number of primary amides is 1. The molecule has 1 fully saturated rings. The molecule has 0 unspecified atom stereocenters. The molecule has 0 aromatic heterocycles. The molecule has 1 aromatic carbocycles. The molecule has 4 heteroatoms. The average molecular weight is 246 g/mol. The number of carbonyl (C=O) groups excluding carboxylic acids is 2. The molecule has 0 radical (unpaired) electrons. The maximum Gasteiger partial charge on any atom is 0.251 e. The summed E-state index contributed by atoms with van der Waals surface area (Å²) in [6.45, 7) is -0.122. The molecule has 2 amide bonds. The molecule has 1 aliphatic rings. The fourth-order valence-electron chi connectivity index (χ4n) is 2.44. The molecule has 0 saturated heterocycles. The summed E-state index contributed by atoms with van der Waals surface area (Å²) in [5.41, 5.74) is 6.84. The van der Waals surface area contributed by atoms with Gasteiger partial charge in [-0.25, -0.2) is 0 Å². The molecule has 0 atom stereocenters. The van der Waals surface area contributed by atoms with Gasteiger partial charge in [0.15, 0.2) is 0 Å². The van der Waals surface area contributed by atoms with Gasteiger partial charge in [0.1, 0.15) is 0 Å². The molecule has 0 spiro atoms. The van der Waals surface area contributed by atoms with Gasteiger partial charge < -0.3 is 11.1 Å². The summed E-state index contributed by atoms with van der Waals surface area (Å²) in [5, 5.41) is 2.47. The van der Waals surface area contributed by atoms with Crippen molar-refractivity contribution >= 4 is 11.8 Å². The van der Waals surface area contributed by atoms with Crippen molar-refractivity contribution in [2.24, 2.45) is 5.73 Å². The standard InChI is InChI=1S/C14H18N2O2/c15-13(17)9-16-14(18)12-7-5-11(6-8-12)10-3-1-2-4-10/h5-8,10H,1-4,9H2,(H2,15,17)(H,16,18). The van der Waals surface area contributed by atoms with Crippen LogP contribution in [-0.4, -0.2) is 18.4 Å². The molecule has 1 saturated carbocycles. The summed E-state index contributed by atoms with van der Waals surface area (Å²) in [6.07, 6.45) is 5.08. The van der Waals surface area contributed by atoms with Crippen LogP contribution in [0.5, 0.6) is 0 Å². The van der Waals surface area contributed by atoms with Gasteiger partial charge >= 0.3 is 0 Å². The minimum Gasteiger partial charge on any atom is -0.368 e. The lowest BCUT2D eigenvalue weighted by Crippen LogP contribution is -2.33. The lowest BCUT2D eigenvalue weighted by molar-refractivity contribution is -0.117. The Morgan fingerprint density at radius 1 is 1.17 bits per heavy atom. The van der Waals surface area contributed by atoms with Gasteiger partial charge in [0, 0.05) is 5.56 Å². The number of amides is 2. The Bertz CT molecular complexity index is 434. The minimum absolute atomic E-state index is 0.122. The van der Waals surface area contributed by atoms with Crippen LogP contribution in [0.15, 0.2) is 24.3 Å². The molecule has 18 heavy (non-hydrogen) atoms. The van der Waals surface area contributed by atoms with E-state index in [1.54, 1.807) is 0 Å². The third-order valence-electron chi connectivity index (χ3n) is 3.42. The second-order valence-corrected chi connectivity index (χ2v) is 4.75. The highest BCUT2D eigenvalue weighted by Crippen LogP contribution is 2.33. The van der Waals surface area contributed by atoms with Crippen LogP contribution in [-0.2, 0) is 4.79 Å². The van der Waals surface area contributed by atoms with E-state index in [-0.39, 0.29) is 12.5 Å². The van der Waals surface area contributed by atoms with Gasteiger partial charge in [-0.15, -0.1) is 0 Å². The molecule has 0 heterocycles. The van der Waals surface area contributed by atoms with Crippen molar-refractivity contribution in [3.63, 3.8) is 0 Å². The van der Waals surface area contributed by atoms with Crippen LogP contribution in [0.1, 0.15) is 47.5 Å². The van der Waals surface area contributed by atoms with E-state index < -0.39 is 5.91 Å². The summed E-state index contributed by atoms with van der Waals surface area (Å²) in [4.78, 5) is 22.2. The fraction of sp³-hybridized carbons (Fsp3) is 0.429. The number of nitrogens with two attached hydrogens (primary N) is 1. The van der Waals surface area contributed by atoms with Crippen molar-refractivity contribution in [2.75, 3.05) is 6.54 Å². The Balaban J connectivity index is 1.98. The van der Waals surface area contributed by atoms with Crippen LogP contribution >= 0.6 is 0 Å². The van der Waals surface area contributed by atoms with Gasteiger partial charge in [0.2, 0.25) is 5.91 Å². The van der Waals surface area contributed by atoms with E-state index in [1.807, 2.05) is 24.3 Å². The van der Waals surface area contributed by atoms with Gasteiger partial charge in [0.25, 0.3) is 5.91 Å². The number of carbonyl (C=O) groups is 2. The predicted octanol–water partition coefficient (Wildman–Crippen LogP) is 1.56. The first-order valence-corrected chi connectivity index (χ1v) is 6.33. The van der Waals surface area contributed by atoms with Crippen molar-refractivity contribution < 1.29 is 9.59 Å². The van der Waals surface area contributed by atoms with Crippen LogP contribution in [0.3, 0.4) is 0 Å². The van der Waals surface area contributed by atoms with Gasteiger partial charge in [-0.1, -0.05) is 25.0 Å². The van der Waals surface area contributed by atoms with E-state index >= 15 is 0 Å². The Labute approximate surface area is 107 Å². The van der Waals surface area contributed by atoms with Crippen molar-refractivity contribution in [3.05, 3.63) is 35.4 Å². The smallest absolute Gasteiger partial charge is 0.251 e. The van der Waals surface area contributed by atoms with Crippen LogP contribution in [0, 0.1) is 0 Å². The number of nitrogens with one attached hydrogen (secondary N) is 1. The van der Waals surface area contributed by atoms with E-state index in [2.05, 4.69) is 5.32 Å². The Morgan fingerprint density at radius 3 is 2.33 bits per heavy atom. The summed E-state index contributed by atoms with van der Waals surface area (Å²) in [7, 11) is 0. The number of hydrogen-bond acceptors (Lipinski definition) is 2. The summed E-state index contributed by atoms with van der Waals surface area (Å²) >= 11 is 0. The first kappa shape index (κ1) is 12.6.